The summed E-state index contributed by atoms with van der Waals surface area (Å²) in [6, 6.07) is 7.10. The maximum atomic E-state index is 12.0. The zero-order chi connectivity index (χ0) is 14.7. The van der Waals surface area contributed by atoms with Gasteiger partial charge in [0, 0.05) is 22.4 Å². The van der Waals surface area contributed by atoms with E-state index in [0.717, 1.165) is 4.47 Å². The molecule has 0 unspecified atom stereocenters. The molecule has 0 radical (unpaired) electrons. The van der Waals surface area contributed by atoms with Gasteiger partial charge in [0.2, 0.25) is 5.95 Å². The molecule has 3 aromatic rings. The number of carbonyl (C=O) groups is 1. The van der Waals surface area contributed by atoms with Crippen molar-refractivity contribution in [1.29, 1.82) is 0 Å². The number of hydrogen-bond donors (Lipinski definition) is 1. The van der Waals surface area contributed by atoms with E-state index >= 15 is 0 Å². The number of carbonyl (C=O) groups excluding carboxylic acids is 1. The van der Waals surface area contributed by atoms with Gasteiger partial charge in [0.15, 0.2) is 0 Å². The van der Waals surface area contributed by atoms with Crippen molar-refractivity contribution in [3.8, 4) is 5.95 Å². The summed E-state index contributed by atoms with van der Waals surface area (Å²) in [6.45, 7) is 0. The van der Waals surface area contributed by atoms with Crippen LogP contribution in [0.5, 0.6) is 0 Å². The molecule has 1 amide bonds. The summed E-state index contributed by atoms with van der Waals surface area (Å²) in [7, 11) is 0. The van der Waals surface area contributed by atoms with Crippen LogP contribution in [0, 0.1) is 0 Å². The van der Waals surface area contributed by atoms with Crippen molar-refractivity contribution in [3.63, 3.8) is 0 Å². The molecule has 0 aliphatic rings. The van der Waals surface area contributed by atoms with Crippen LogP contribution >= 0.6 is 15.9 Å². The summed E-state index contributed by atoms with van der Waals surface area (Å²) >= 11 is 3.33. The van der Waals surface area contributed by atoms with Gasteiger partial charge in [-0.25, -0.2) is 15.0 Å². The minimum atomic E-state index is -0.207. The Morgan fingerprint density at radius 2 is 1.86 bits per heavy atom. The first kappa shape index (κ1) is 13.4. The third kappa shape index (κ3) is 3.14. The molecule has 0 saturated carbocycles. The molecule has 0 bridgehead atoms. The number of amides is 1. The molecule has 1 aromatic carbocycles. The molecule has 0 saturated heterocycles. The Hall–Kier alpha value is -2.54. The summed E-state index contributed by atoms with van der Waals surface area (Å²) in [6.07, 6.45) is 8.11. The van der Waals surface area contributed by atoms with Crippen LogP contribution < -0.4 is 5.32 Å². The number of nitrogens with zero attached hydrogens (tertiary/aromatic N) is 4. The number of halogens is 1. The highest BCUT2D eigenvalue weighted by atomic mass is 79.9. The highest BCUT2D eigenvalue weighted by molar-refractivity contribution is 9.10. The molecular formula is C14H10BrN5O. The van der Waals surface area contributed by atoms with Crippen LogP contribution in [0.1, 0.15) is 10.4 Å². The van der Waals surface area contributed by atoms with Crippen LogP contribution in [0.2, 0.25) is 0 Å². The van der Waals surface area contributed by atoms with E-state index in [0.29, 0.717) is 17.2 Å². The second-order valence-electron chi connectivity index (χ2n) is 4.20. The lowest BCUT2D eigenvalue weighted by molar-refractivity contribution is 0.102. The van der Waals surface area contributed by atoms with Crippen molar-refractivity contribution in [2.75, 3.05) is 5.32 Å². The summed E-state index contributed by atoms with van der Waals surface area (Å²) < 4.78 is 2.60. The Morgan fingerprint density at radius 3 is 2.48 bits per heavy atom. The Kier molecular flexibility index (Phi) is 3.74. The summed E-state index contributed by atoms with van der Waals surface area (Å²) in [5, 5.41) is 2.75. The molecule has 0 aliphatic heterocycles. The lowest BCUT2D eigenvalue weighted by Crippen LogP contribution is -2.12. The molecule has 1 N–H and O–H groups in total. The van der Waals surface area contributed by atoms with E-state index in [4.69, 9.17) is 0 Å². The van der Waals surface area contributed by atoms with E-state index in [9.17, 15) is 4.79 Å². The topological polar surface area (TPSA) is 72.7 Å². The van der Waals surface area contributed by atoms with Gasteiger partial charge in [0.25, 0.3) is 5.91 Å². The maximum absolute atomic E-state index is 12.0. The number of aromatic nitrogens is 4. The number of anilines is 1. The van der Waals surface area contributed by atoms with Crippen molar-refractivity contribution in [3.05, 3.63) is 65.4 Å². The zero-order valence-corrected chi connectivity index (χ0v) is 12.4. The van der Waals surface area contributed by atoms with E-state index in [1.165, 1.54) is 0 Å². The largest absolute Gasteiger partial charge is 0.319 e. The van der Waals surface area contributed by atoms with Crippen LogP contribution in [-0.2, 0) is 0 Å². The normalized spacial score (nSPS) is 10.3. The van der Waals surface area contributed by atoms with Gasteiger partial charge >= 0.3 is 0 Å². The van der Waals surface area contributed by atoms with Crippen molar-refractivity contribution in [2.45, 2.75) is 0 Å². The van der Waals surface area contributed by atoms with E-state index in [-0.39, 0.29) is 5.91 Å². The molecule has 2 heterocycles. The third-order valence-electron chi connectivity index (χ3n) is 2.74. The molecule has 2 aromatic heterocycles. The van der Waals surface area contributed by atoms with E-state index in [1.54, 1.807) is 47.8 Å². The van der Waals surface area contributed by atoms with E-state index in [2.05, 4.69) is 36.2 Å². The molecule has 21 heavy (non-hydrogen) atoms. The van der Waals surface area contributed by atoms with Gasteiger partial charge in [0.1, 0.15) is 6.33 Å². The SMILES string of the molecule is O=C(Nc1cnc(-n2ccnc2)nc1)c1ccc(Br)cc1. The summed E-state index contributed by atoms with van der Waals surface area (Å²) in [4.78, 5) is 24.3. The standard InChI is InChI=1S/C14H10BrN5O/c15-11-3-1-10(2-4-11)13(21)19-12-7-17-14(18-8-12)20-6-5-16-9-20/h1-9H,(H,19,21). The van der Waals surface area contributed by atoms with Gasteiger partial charge in [-0.05, 0) is 24.3 Å². The predicted molar refractivity (Wildman–Crippen MR) is 81.2 cm³/mol. The minimum Gasteiger partial charge on any atom is -0.319 e. The minimum absolute atomic E-state index is 0.207. The van der Waals surface area contributed by atoms with Crippen LogP contribution in [0.3, 0.4) is 0 Å². The Balaban J connectivity index is 1.73. The lowest BCUT2D eigenvalue weighted by atomic mass is 10.2. The van der Waals surface area contributed by atoms with Crippen molar-refractivity contribution in [1.82, 2.24) is 19.5 Å². The molecular weight excluding hydrogens is 334 g/mol. The van der Waals surface area contributed by atoms with E-state index in [1.807, 2.05) is 12.1 Å². The van der Waals surface area contributed by atoms with Gasteiger partial charge in [-0.15, -0.1) is 0 Å². The molecule has 104 valence electrons. The Labute approximate surface area is 129 Å². The first-order chi connectivity index (χ1) is 10.2. The average Bonchev–Trinajstić information content (AvgIpc) is 3.03. The van der Waals surface area contributed by atoms with Gasteiger partial charge in [-0.1, -0.05) is 15.9 Å². The number of benzene rings is 1. The van der Waals surface area contributed by atoms with Crippen LogP contribution in [0.15, 0.2) is 59.9 Å². The molecule has 6 nitrogen and oxygen atoms in total. The third-order valence-corrected chi connectivity index (χ3v) is 3.27. The fourth-order valence-electron chi connectivity index (χ4n) is 1.70. The molecule has 0 atom stereocenters. The highest BCUT2D eigenvalue weighted by Crippen LogP contribution is 2.12. The Bertz CT molecular complexity index is 738. The van der Waals surface area contributed by atoms with Crippen molar-refractivity contribution in [2.24, 2.45) is 0 Å². The van der Waals surface area contributed by atoms with Crippen LogP contribution in [0.25, 0.3) is 5.95 Å². The quantitative estimate of drug-likeness (QED) is 0.793. The first-order valence-corrected chi connectivity index (χ1v) is 6.89. The second kappa shape index (κ2) is 5.84. The van der Waals surface area contributed by atoms with Gasteiger partial charge in [-0.2, -0.15) is 0 Å². The van der Waals surface area contributed by atoms with Crippen molar-refractivity contribution >= 4 is 27.5 Å². The first-order valence-electron chi connectivity index (χ1n) is 6.10. The van der Waals surface area contributed by atoms with Crippen LogP contribution in [-0.4, -0.2) is 25.4 Å². The summed E-state index contributed by atoms with van der Waals surface area (Å²) in [5.74, 6) is 0.288. The molecule has 0 spiro atoms. The molecule has 3 rings (SSSR count). The second-order valence-corrected chi connectivity index (χ2v) is 5.12. The summed E-state index contributed by atoms with van der Waals surface area (Å²) in [5.41, 5.74) is 1.10. The fourth-order valence-corrected chi connectivity index (χ4v) is 1.97. The van der Waals surface area contributed by atoms with Gasteiger partial charge in [0.05, 0.1) is 18.1 Å². The predicted octanol–water partition coefficient (Wildman–Crippen LogP) is 2.68. The fraction of sp³-hybridized carbons (Fsp3) is 0. The van der Waals surface area contributed by atoms with Crippen molar-refractivity contribution < 1.29 is 4.79 Å². The molecule has 0 aliphatic carbocycles. The highest BCUT2D eigenvalue weighted by Gasteiger charge is 2.07. The molecule has 0 fully saturated rings. The number of rotatable bonds is 3. The Morgan fingerprint density at radius 1 is 1.14 bits per heavy atom. The van der Waals surface area contributed by atoms with Gasteiger partial charge in [-0.3, -0.25) is 9.36 Å². The number of imidazole rings is 1. The average molecular weight is 344 g/mol. The number of nitrogens with one attached hydrogen (secondary N) is 1. The van der Waals surface area contributed by atoms with E-state index < -0.39 is 0 Å². The molecule has 7 heteroatoms. The van der Waals surface area contributed by atoms with Gasteiger partial charge < -0.3 is 5.32 Å². The monoisotopic (exact) mass is 343 g/mol. The van der Waals surface area contributed by atoms with Crippen LogP contribution in [0.4, 0.5) is 5.69 Å². The zero-order valence-electron chi connectivity index (χ0n) is 10.8. The smallest absolute Gasteiger partial charge is 0.255 e. The lowest BCUT2D eigenvalue weighted by Gasteiger charge is -2.05. The number of hydrogen-bond acceptors (Lipinski definition) is 4. The maximum Gasteiger partial charge on any atom is 0.255 e.